The number of anilines is 1. The van der Waals surface area contributed by atoms with Crippen LogP contribution in [-0.2, 0) is 0 Å². The smallest absolute Gasteiger partial charge is 0.295 e. The van der Waals surface area contributed by atoms with E-state index in [0.717, 1.165) is 29.6 Å². The van der Waals surface area contributed by atoms with Crippen LogP contribution in [0, 0.1) is 6.92 Å². The van der Waals surface area contributed by atoms with Crippen molar-refractivity contribution in [2.24, 2.45) is 0 Å². The van der Waals surface area contributed by atoms with Crippen LogP contribution in [-0.4, -0.2) is 49.9 Å². The molecule has 1 amide bonds. The molecule has 156 valence electrons. The Balaban J connectivity index is 1.37. The number of fused-ring (bicyclic) bond motifs is 1. The van der Waals surface area contributed by atoms with E-state index in [0.29, 0.717) is 36.2 Å². The maximum absolute atomic E-state index is 13.4. The molecular formula is C23H22N6O2. The van der Waals surface area contributed by atoms with Gasteiger partial charge in [-0.25, -0.2) is 15.0 Å². The Morgan fingerprint density at radius 1 is 1.10 bits per heavy atom. The van der Waals surface area contributed by atoms with Crippen molar-refractivity contribution in [1.29, 1.82) is 0 Å². The van der Waals surface area contributed by atoms with Crippen molar-refractivity contribution in [1.82, 2.24) is 24.8 Å². The number of carbonyl (C=O) groups is 1. The number of hydrogen-bond acceptors (Lipinski definition) is 7. The van der Waals surface area contributed by atoms with Crippen LogP contribution in [0.25, 0.3) is 22.5 Å². The van der Waals surface area contributed by atoms with E-state index >= 15 is 0 Å². The van der Waals surface area contributed by atoms with Gasteiger partial charge >= 0.3 is 0 Å². The number of para-hydroxylation sites is 2. The monoisotopic (exact) mass is 414 g/mol. The first-order valence-corrected chi connectivity index (χ1v) is 10.3. The van der Waals surface area contributed by atoms with E-state index in [9.17, 15) is 4.79 Å². The summed E-state index contributed by atoms with van der Waals surface area (Å²) in [4.78, 5) is 32.9. The second kappa shape index (κ2) is 8.14. The molecule has 31 heavy (non-hydrogen) atoms. The molecule has 4 aromatic rings. The van der Waals surface area contributed by atoms with Crippen LogP contribution in [0.5, 0.6) is 0 Å². The molecule has 4 heterocycles. The average Bonchev–Trinajstić information content (AvgIpc) is 3.21. The number of nitrogens with zero attached hydrogens (tertiary/aromatic N) is 5. The maximum Gasteiger partial charge on any atom is 0.295 e. The van der Waals surface area contributed by atoms with Gasteiger partial charge in [-0.2, -0.15) is 4.98 Å². The minimum Gasteiger partial charge on any atom is -0.424 e. The Morgan fingerprint density at radius 2 is 1.94 bits per heavy atom. The Morgan fingerprint density at radius 3 is 2.77 bits per heavy atom. The van der Waals surface area contributed by atoms with Gasteiger partial charge in [-0.1, -0.05) is 12.1 Å². The second-order valence-corrected chi connectivity index (χ2v) is 7.64. The van der Waals surface area contributed by atoms with Gasteiger partial charge in [0.25, 0.3) is 11.9 Å². The van der Waals surface area contributed by atoms with E-state index in [4.69, 9.17) is 4.42 Å². The van der Waals surface area contributed by atoms with E-state index in [-0.39, 0.29) is 11.9 Å². The van der Waals surface area contributed by atoms with Crippen molar-refractivity contribution >= 4 is 23.0 Å². The molecule has 3 aromatic heterocycles. The summed E-state index contributed by atoms with van der Waals surface area (Å²) < 4.78 is 5.79. The largest absolute Gasteiger partial charge is 0.424 e. The fraction of sp³-hybridized carbons (Fsp3) is 0.261. The van der Waals surface area contributed by atoms with Crippen LogP contribution in [0.4, 0.5) is 6.01 Å². The van der Waals surface area contributed by atoms with Gasteiger partial charge in [0.05, 0.1) is 5.56 Å². The second-order valence-electron chi connectivity index (χ2n) is 7.64. The molecule has 1 N–H and O–H groups in total. The molecule has 1 aliphatic heterocycles. The summed E-state index contributed by atoms with van der Waals surface area (Å²) in [7, 11) is 0. The quantitative estimate of drug-likeness (QED) is 0.544. The molecule has 1 atom stereocenters. The third-order valence-electron chi connectivity index (χ3n) is 5.37. The number of hydrogen-bond donors (Lipinski definition) is 1. The molecule has 1 saturated heterocycles. The summed E-state index contributed by atoms with van der Waals surface area (Å²) in [5, 5.41) is 3.35. The van der Waals surface area contributed by atoms with Crippen molar-refractivity contribution in [3.63, 3.8) is 0 Å². The summed E-state index contributed by atoms with van der Waals surface area (Å²) in [5.41, 5.74) is 3.36. The van der Waals surface area contributed by atoms with E-state index in [2.05, 4.69) is 25.3 Å². The number of benzene rings is 1. The standard InChI is InChI=1S/C23H22N6O2/c1-15-9-10-17(21-24-11-5-12-25-21)20(26-15)22(30)29-13-4-6-16(14-29)27-23-28-18-7-2-3-8-19(18)31-23/h2-3,5,7-12,16H,4,6,13-14H2,1H3,(H,27,28)/t16-/m1/s1. The Labute approximate surface area is 179 Å². The number of pyridine rings is 1. The van der Waals surface area contributed by atoms with Crippen LogP contribution >= 0.6 is 0 Å². The molecule has 5 rings (SSSR count). The zero-order valence-corrected chi connectivity index (χ0v) is 17.2. The molecule has 1 fully saturated rings. The van der Waals surface area contributed by atoms with Gasteiger partial charge in [-0.05, 0) is 50.1 Å². The molecule has 8 heteroatoms. The van der Waals surface area contributed by atoms with Gasteiger partial charge in [0, 0.05) is 37.2 Å². The molecule has 1 aromatic carbocycles. The molecule has 0 bridgehead atoms. The van der Waals surface area contributed by atoms with E-state index < -0.39 is 0 Å². The van der Waals surface area contributed by atoms with Crippen molar-refractivity contribution in [3.05, 3.63) is 66.2 Å². The normalized spacial score (nSPS) is 16.4. The first-order chi connectivity index (χ1) is 15.2. The lowest BCUT2D eigenvalue weighted by molar-refractivity contribution is 0.0708. The van der Waals surface area contributed by atoms with Crippen LogP contribution < -0.4 is 5.32 Å². The number of aromatic nitrogens is 4. The van der Waals surface area contributed by atoms with Gasteiger partial charge < -0.3 is 14.6 Å². The van der Waals surface area contributed by atoms with E-state index in [1.165, 1.54) is 0 Å². The minimum atomic E-state index is -0.116. The molecule has 0 saturated carbocycles. The topological polar surface area (TPSA) is 97.0 Å². The molecule has 0 spiro atoms. The lowest BCUT2D eigenvalue weighted by Gasteiger charge is -2.33. The van der Waals surface area contributed by atoms with Crippen molar-refractivity contribution < 1.29 is 9.21 Å². The zero-order valence-electron chi connectivity index (χ0n) is 17.2. The predicted octanol–water partition coefficient (Wildman–Crippen LogP) is 3.70. The Bertz CT molecular complexity index is 1190. The highest BCUT2D eigenvalue weighted by Gasteiger charge is 2.28. The number of piperidine rings is 1. The van der Waals surface area contributed by atoms with E-state index in [1.54, 1.807) is 18.5 Å². The minimum absolute atomic E-state index is 0.0481. The van der Waals surface area contributed by atoms with Crippen LogP contribution in [0.2, 0.25) is 0 Å². The lowest BCUT2D eigenvalue weighted by Crippen LogP contribution is -2.45. The fourth-order valence-electron chi connectivity index (χ4n) is 3.88. The number of nitrogens with one attached hydrogen (secondary N) is 1. The Hall–Kier alpha value is -3.81. The van der Waals surface area contributed by atoms with Crippen molar-refractivity contribution in [2.45, 2.75) is 25.8 Å². The number of amides is 1. The lowest BCUT2D eigenvalue weighted by atomic mass is 10.0. The van der Waals surface area contributed by atoms with Gasteiger partial charge in [0.1, 0.15) is 11.2 Å². The first kappa shape index (κ1) is 19.2. The summed E-state index contributed by atoms with van der Waals surface area (Å²) in [5.74, 6) is 0.381. The number of oxazole rings is 1. The zero-order chi connectivity index (χ0) is 21.2. The van der Waals surface area contributed by atoms with Gasteiger partial charge in [0.15, 0.2) is 11.4 Å². The third kappa shape index (κ3) is 3.96. The van der Waals surface area contributed by atoms with Crippen LogP contribution in [0.1, 0.15) is 29.0 Å². The fourth-order valence-corrected chi connectivity index (χ4v) is 3.88. The summed E-state index contributed by atoms with van der Waals surface area (Å²) >= 11 is 0. The van der Waals surface area contributed by atoms with Gasteiger partial charge in [0.2, 0.25) is 0 Å². The highest BCUT2D eigenvalue weighted by molar-refractivity contribution is 5.98. The molecule has 0 aliphatic carbocycles. The van der Waals surface area contributed by atoms with E-state index in [1.807, 2.05) is 48.2 Å². The summed E-state index contributed by atoms with van der Waals surface area (Å²) in [6, 6.07) is 13.7. The molecular weight excluding hydrogens is 392 g/mol. The third-order valence-corrected chi connectivity index (χ3v) is 5.37. The summed E-state index contributed by atoms with van der Waals surface area (Å²) in [6.45, 7) is 3.10. The molecule has 8 nitrogen and oxygen atoms in total. The van der Waals surface area contributed by atoms with Crippen LogP contribution in [0.3, 0.4) is 0 Å². The van der Waals surface area contributed by atoms with Gasteiger partial charge in [-0.3, -0.25) is 4.79 Å². The number of likely N-dealkylation sites (tertiary alicyclic amines) is 1. The van der Waals surface area contributed by atoms with Gasteiger partial charge in [-0.15, -0.1) is 0 Å². The Kier molecular flexibility index (Phi) is 5.03. The number of carbonyl (C=O) groups excluding carboxylic acids is 1. The van der Waals surface area contributed by atoms with Crippen molar-refractivity contribution in [2.75, 3.05) is 18.4 Å². The first-order valence-electron chi connectivity index (χ1n) is 10.3. The number of aryl methyl sites for hydroxylation is 1. The highest BCUT2D eigenvalue weighted by Crippen LogP contribution is 2.24. The molecule has 0 unspecified atom stereocenters. The predicted molar refractivity (Wildman–Crippen MR) is 117 cm³/mol. The SMILES string of the molecule is Cc1ccc(-c2ncccn2)c(C(=O)N2CCC[C@@H](Nc3nc4ccccc4o3)C2)n1. The summed E-state index contributed by atoms with van der Waals surface area (Å²) in [6.07, 6.45) is 5.14. The maximum atomic E-state index is 13.4. The van der Waals surface area contributed by atoms with Crippen LogP contribution in [0.15, 0.2) is 59.3 Å². The average molecular weight is 414 g/mol. The number of rotatable bonds is 4. The highest BCUT2D eigenvalue weighted by atomic mass is 16.4. The van der Waals surface area contributed by atoms with Crippen molar-refractivity contribution in [3.8, 4) is 11.4 Å². The molecule has 0 radical (unpaired) electrons. The molecule has 1 aliphatic rings.